The number of amides is 2. The zero-order valence-corrected chi connectivity index (χ0v) is 14.5. The molecule has 2 aliphatic carbocycles. The Morgan fingerprint density at radius 3 is 2.36 bits per heavy atom. The van der Waals surface area contributed by atoms with E-state index in [1.807, 2.05) is 37.2 Å². The minimum absolute atomic E-state index is 0.174. The van der Waals surface area contributed by atoms with E-state index in [9.17, 15) is 9.59 Å². The van der Waals surface area contributed by atoms with Crippen LogP contribution in [0, 0.1) is 23.7 Å². The third kappa shape index (κ3) is 2.35. The van der Waals surface area contributed by atoms with Crippen LogP contribution in [0.5, 0.6) is 5.75 Å². The summed E-state index contributed by atoms with van der Waals surface area (Å²) in [7, 11) is 5.49. The van der Waals surface area contributed by atoms with E-state index >= 15 is 0 Å². The SMILES string of the molecule is COc1cc(N(C)C)ccc1C=NN1C(=O)C2C3C=CC(C3)C2C1=O. The molecule has 1 saturated carbocycles. The van der Waals surface area contributed by atoms with Gasteiger partial charge in [-0.25, -0.2) is 0 Å². The normalized spacial score (nSPS) is 29.8. The Hall–Kier alpha value is -2.63. The van der Waals surface area contributed by atoms with E-state index < -0.39 is 0 Å². The predicted octanol–water partition coefficient (Wildman–Crippen LogP) is 1.90. The number of fused-ring (bicyclic) bond motifs is 5. The molecular weight excluding hydrogens is 318 g/mol. The van der Waals surface area contributed by atoms with Gasteiger partial charge in [-0.3, -0.25) is 9.59 Å². The first kappa shape index (κ1) is 15.9. The second-order valence-corrected chi connectivity index (χ2v) is 7.05. The molecule has 6 nitrogen and oxygen atoms in total. The van der Waals surface area contributed by atoms with Gasteiger partial charge in [0.25, 0.3) is 11.8 Å². The molecule has 2 fully saturated rings. The van der Waals surface area contributed by atoms with Crippen LogP contribution in [0.15, 0.2) is 35.5 Å². The van der Waals surface area contributed by atoms with Gasteiger partial charge in [0.2, 0.25) is 0 Å². The molecule has 0 N–H and O–H groups in total. The Balaban J connectivity index is 1.59. The number of methoxy groups -OCH3 is 1. The second-order valence-electron chi connectivity index (χ2n) is 7.05. The van der Waals surface area contributed by atoms with Gasteiger partial charge in [0.05, 0.1) is 25.2 Å². The van der Waals surface area contributed by atoms with E-state index in [1.165, 1.54) is 6.21 Å². The van der Waals surface area contributed by atoms with E-state index in [1.54, 1.807) is 7.11 Å². The highest BCUT2D eigenvalue weighted by molar-refractivity contribution is 6.06. The van der Waals surface area contributed by atoms with Gasteiger partial charge in [-0.15, -0.1) is 0 Å². The van der Waals surface area contributed by atoms with Crippen LogP contribution < -0.4 is 9.64 Å². The first-order valence-corrected chi connectivity index (χ1v) is 8.46. The van der Waals surface area contributed by atoms with Crippen molar-refractivity contribution in [2.45, 2.75) is 6.42 Å². The van der Waals surface area contributed by atoms with Crippen LogP contribution >= 0.6 is 0 Å². The smallest absolute Gasteiger partial charge is 0.254 e. The lowest BCUT2D eigenvalue weighted by atomic mass is 9.85. The summed E-state index contributed by atoms with van der Waals surface area (Å²) in [5.74, 6) is 0.242. The number of rotatable bonds is 4. The molecule has 6 heteroatoms. The van der Waals surface area contributed by atoms with Crippen LogP contribution in [-0.4, -0.2) is 44.2 Å². The van der Waals surface area contributed by atoms with E-state index in [4.69, 9.17) is 4.74 Å². The zero-order valence-electron chi connectivity index (χ0n) is 14.5. The molecule has 1 aromatic rings. The summed E-state index contributed by atoms with van der Waals surface area (Å²) >= 11 is 0. The van der Waals surface area contributed by atoms with Gasteiger partial charge in [-0.05, 0) is 30.4 Å². The van der Waals surface area contributed by atoms with Crippen molar-refractivity contribution in [2.75, 3.05) is 26.1 Å². The van der Waals surface area contributed by atoms with Crippen molar-refractivity contribution in [3.63, 3.8) is 0 Å². The number of carbonyl (C=O) groups is 2. The highest BCUT2D eigenvalue weighted by Gasteiger charge is 2.59. The number of hydrazone groups is 1. The number of benzene rings is 1. The monoisotopic (exact) mass is 339 g/mol. The molecule has 2 bridgehead atoms. The van der Waals surface area contributed by atoms with Gasteiger partial charge in [-0.2, -0.15) is 10.1 Å². The molecule has 130 valence electrons. The van der Waals surface area contributed by atoms with Crippen molar-refractivity contribution in [2.24, 2.45) is 28.8 Å². The summed E-state index contributed by atoms with van der Waals surface area (Å²) in [5.41, 5.74) is 1.73. The van der Waals surface area contributed by atoms with Crippen molar-refractivity contribution in [1.82, 2.24) is 5.01 Å². The zero-order chi connectivity index (χ0) is 17.7. The van der Waals surface area contributed by atoms with Crippen molar-refractivity contribution < 1.29 is 14.3 Å². The lowest BCUT2D eigenvalue weighted by molar-refractivity contribution is -0.140. The second kappa shape index (κ2) is 5.72. The number of hydrogen-bond acceptors (Lipinski definition) is 5. The Kier molecular flexibility index (Phi) is 3.63. The summed E-state index contributed by atoms with van der Waals surface area (Å²) in [6.45, 7) is 0. The van der Waals surface area contributed by atoms with E-state index in [0.29, 0.717) is 5.75 Å². The van der Waals surface area contributed by atoms with Crippen LogP contribution in [0.25, 0.3) is 0 Å². The molecule has 0 radical (unpaired) electrons. The minimum Gasteiger partial charge on any atom is -0.496 e. The maximum atomic E-state index is 12.6. The van der Waals surface area contributed by atoms with Gasteiger partial charge in [-0.1, -0.05) is 12.2 Å². The van der Waals surface area contributed by atoms with E-state index in [-0.39, 0.29) is 35.5 Å². The molecule has 4 rings (SSSR count). The molecule has 1 heterocycles. The number of carbonyl (C=O) groups excluding carboxylic acids is 2. The summed E-state index contributed by atoms with van der Waals surface area (Å²) in [6.07, 6.45) is 6.61. The number of nitrogens with zero attached hydrogens (tertiary/aromatic N) is 3. The Morgan fingerprint density at radius 1 is 1.16 bits per heavy atom. The fourth-order valence-corrected chi connectivity index (χ4v) is 4.20. The standard InChI is InChI=1S/C19H21N3O3/c1-21(2)14-7-6-13(15(9-14)25-3)10-20-22-18(23)16-11-4-5-12(8-11)17(16)19(22)24/h4-7,9-12,16-17H,8H2,1-3H3. The van der Waals surface area contributed by atoms with Crippen LogP contribution in [0.4, 0.5) is 5.69 Å². The molecule has 25 heavy (non-hydrogen) atoms. The van der Waals surface area contributed by atoms with Gasteiger partial charge < -0.3 is 9.64 Å². The lowest BCUT2D eigenvalue weighted by Gasteiger charge is -2.15. The third-order valence-corrected chi connectivity index (χ3v) is 5.49. The fraction of sp³-hybridized carbons (Fsp3) is 0.421. The van der Waals surface area contributed by atoms with Crippen molar-refractivity contribution in [3.05, 3.63) is 35.9 Å². The maximum Gasteiger partial charge on any atom is 0.254 e. The number of anilines is 1. The first-order chi connectivity index (χ1) is 12.0. The number of imide groups is 1. The van der Waals surface area contributed by atoms with E-state index in [2.05, 4.69) is 17.3 Å². The highest BCUT2D eigenvalue weighted by Crippen LogP contribution is 2.52. The fourth-order valence-electron chi connectivity index (χ4n) is 4.20. The largest absolute Gasteiger partial charge is 0.496 e. The topological polar surface area (TPSA) is 62.2 Å². The molecule has 1 aliphatic heterocycles. The first-order valence-electron chi connectivity index (χ1n) is 8.46. The molecule has 3 aliphatic rings. The van der Waals surface area contributed by atoms with Gasteiger partial charge in [0.15, 0.2) is 0 Å². The molecule has 0 spiro atoms. The predicted molar refractivity (Wildman–Crippen MR) is 94.5 cm³/mol. The molecule has 4 atom stereocenters. The third-order valence-electron chi connectivity index (χ3n) is 5.49. The molecule has 2 amide bonds. The number of allylic oxidation sites excluding steroid dienone is 2. The summed E-state index contributed by atoms with van der Waals surface area (Å²) in [4.78, 5) is 27.2. The van der Waals surface area contributed by atoms with Gasteiger partial charge in [0.1, 0.15) is 5.75 Å². The van der Waals surface area contributed by atoms with Crippen LogP contribution in [-0.2, 0) is 9.59 Å². The molecule has 1 aromatic carbocycles. The minimum atomic E-state index is -0.224. The summed E-state index contributed by atoms with van der Waals surface area (Å²) in [5, 5.41) is 5.26. The van der Waals surface area contributed by atoms with Crippen LogP contribution in [0.2, 0.25) is 0 Å². The lowest BCUT2D eigenvalue weighted by Crippen LogP contribution is -2.28. The molecule has 4 unspecified atom stereocenters. The van der Waals surface area contributed by atoms with Crippen LogP contribution in [0.3, 0.4) is 0 Å². The van der Waals surface area contributed by atoms with Gasteiger partial charge >= 0.3 is 0 Å². The highest BCUT2D eigenvalue weighted by atomic mass is 16.5. The Labute approximate surface area is 146 Å². The average molecular weight is 339 g/mol. The molecular formula is C19H21N3O3. The quantitative estimate of drug-likeness (QED) is 0.477. The maximum absolute atomic E-state index is 12.6. The number of ether oxygens (including phenoxy) is 1. The average Bonchev–Trinajstić information content (AvgIpc) is 3.28. The van der Waals surface area contributed by atoms with Crippen molar-refractivity contribution >= 4 is 23.7 Å². The van der Waals surface area contributed by atoms with Crippen molar-refractivity contribution in [3.8, 4) is 5.75 Å². The van der Waals surface area contributed by atoms with Crippen molar-refractivity contribution in [1.29, 1.82) is 0 Å². The van der Waals surface area contributed by atoms with Gasteiger partial charge in [0, 0.05) is 31.4 Å². The summed E-state index contributed by atoms with van der Waals surface area (Å²) < 4.78 is 5.41. The summed E-state index contributed by atoms with van der Waals surface area (Å²) in [6, 6.07) is 5.71. The molecule has 1 saturated heterocycles. The Bertz CT molecular complexity index is 769. The molecule has 0 aromatic heterocycles. The van der Waals surface area contributed by atoms with E-state index in [0.717, 1.165) is 22.7 Å². The Morgan fingerprint density at radius 2 is 1.80 bits per heavy atom. The van der Waals surface area contributed by atoms with Crippen LogP contribution in [0.1, 0.15) is 12.0 Å². The number of hydrogen-bond donors (Lipinski definition) is 0.